The van der Waals surface area contributed by atoms with Crippen LogP contribution in [0.4, 0.5) is 5.69 Å². The average Bonchev–Trinajstić information content (AvgIpc) is 2.53. The van der Waals surface area contributed by atoms with Crippen LogP contribution in [0.25, 0.3) is 0 Å². The van der Waals surface area contributed by atoms with E-state index in [2.05, 4.69) is 10.0 Å². The van der Waals surface area contributed by atoms with Gasteiger partial charge < -0.3 is 10.1 Å². The molecule has 0 radical (unpaired) electrons. The first-order valence-electron chi connectivity index (χ1n) is 7.30. The van der Waals surface area contributed by atoms with E-state index in [1.54, 1.807) is 0 Å². The van der Waals surface area contributed by atoms with Crippen molar-refractivity contribution >= 4 is 28.1 Å². The lowest BCUT2D eigenvalue weighted by atomic mass is 9.83. The van der Waals surface area contributed by atoms with Gasteiger partial charge in [-0.05, 0) is 30.9 Å². The number of rotatable bonds is 6. The number of nitrogens with one attached hydrogen (secondary N) is 2. The molecule has 1 atom stereocenters. The van der Waals surface area contributed by atoms with E-state index in [9.17, 15) is 18.5 Å². The quantitative estimate of drug-likeness (QED) is 0.574. The number of benzene rings is 1. The van der Waals surface area contributed by atoms with Crippen molar-refractivity contribution in [3.8, 4) is 5.75 Å². The highest BCUT2D eigenvalue weighted by Crippen LogP contribution is 2.29. The molecule has 1 fully saturated rings. The molecule has 1 aliphatic rings. The van der Waals surface area contributed by atoms with Crippen molar-refractivity contribution in [2.24, 2.45) is 5.41 Å². The summed E-state index contributed by atoms with van der Waals surface area (Å²) >= 11 is 0. The van der Waals surface area contributed by atoms with E-state index in [4.69, 9.17) is 4.74 Å². The maximum Gasteiger partial charge on any atom is 0.273 e. The second-order valence-corrected chi connectivity index (χ2v) is 7.74. The van der Waals surface area contributed by atoms with E-state index in [1.807, 2.05) is 6.92 Å². The van der Waals surface area contributed by atoms with Gasteiger partial charge in [-0.1, -0.05) is 6.92 Å². The number of nitrogens with zero attached hydrogens (tertiary/aromatic N) is 1. The van der Waals surface area contributed by atoms with Gasteiger partial charge in [-0.15, -0.1) is 12.4 Å². The molecule has 1 saturated heterocycles. The number of nitro benzene ring substituents is 1. The number of halogens is 1. The highest BCUT2D eigenvalue weighted by Gasteiger charge is 2.30. The van der Waals surface area contributed by atoms with Gasteiger partial charge in [-0.3, -0.25) is 10.1 Å². The molecule has 0 saturated carbocycles. The molecule has 1 unspecified atom stereocenters. The van der Waals surface area contributed by atoms with Crippen molar-refractivity contribution in [3.63, 3.8) is 0 Å². The van der Waals surface area contributed by atoms with Crippen LogP contribution in [-0.2, 0) is 10.0 Å². The Hall–Kier alpha value is -1.42. The normalized spacial score (nSPS) is 20.9. The molecule has 136 valence electrons. The van der Waals surface area contributed by atoms with E-state index < -0.39 is 14.9 Å². The first kappa shape index (κ1) is 20.6. The number of hydrogen-bond acceptors (Lipinski definition) is 6. The van der Waals surface area contributed by atoms with Crippen LogP contribution in [0.15, 0.2) is 23.1 Å². The first-order valence-corrected chi connectivity index (χ1v) is 8.79. The third kappa shape index (κ3) is 4.79. The van der Waals surface area contributed by atoms with Crippen LogP contribution in [0.5, 0.6) is 5.75 Å². The Kier molecular flexibility index (Phi) is 6.97. The van der Waals surface area contributed by atoms with Gasteiger partial charge in [0.1, 0.15) is 10.6 Å². The van der Waals surface area contributed by atoms with Gasteiger partial charge in [0, 0.05) is 19.2 Å². The standard InChI is InChI=1S/C14H21N3O5S.ClH/c1-14(6-3-7-15-9-14)10-16-23(20,21)13-5-4-11(17(18)19)8-12(13)22-2;/h4-5,8,15-16H,3,6-7,9-10H2,1-2H3;1H. The van der Waals surface area contributed by atoms with Gasteiger partial charge in [-0.2, -0.15) is 0 Å². The Morgan fingerprint density at radius 2 is 2.17 bits per heavy atom. The van der Waals surface area contributed by atoms with Crippen LogP contribution in [0.2, 0.25) is 0 Å². The number of non-ortho nitro benzene ring substituents is 1. The first-order chi connectivity index (χ1) is 10.8. The van der Waals surface area contributed by atoms with Crippen LogP contribution in [0, 0.1) is 15.5 Å². The van der Waals surface area contributed by atoms with Crippen molar-refractivity contribution in [2.75, 3.05) is 26.7 Å². The Bertz CT molecular complexity index is 690. The minimum absolute atomic E-state index is 0. The smallest absolute Gasteiger partial charge is 0.273 e. The molecular formula is C14H22ClN3O5S. The SMILES string of the molecule is COc1cc([N+](=O)[O-])ccc1S(=O)(=O)NCC1(C)CCCNC1.Cl. The van der Waals surface area contributed by atoms with Crippen molar-refractivity contribution < 1.29 is 18.1 Å². The van der Waals surface area contributed by atoms with E-state index in [0.29, 0.717) is 6.54 Å². The number of hydrogen-bond donors (Lipinski definition) is 2. The van der Waals surface area contributed by atoms with Crippen molar-refractivity contribution in [2.45, 2.75) is 24.7 Å². The summed E-state index contributed by atoms with van der Waals surface area (Å²) in [7, 11) is -2.53. The maximum atomic E-state index is 12.5. The third-order valence-corrected chi connectivity index (χ3v) is 5.46. The van der Waals surface area contributed by atoms with Crippen molar-refractivity contribution in [1.82, 2.24) is 10.0 Å². The zero-order valence-corrected chi connectivity index (χ0v) is 15.2. The molecule has 0 bridgehead atoms. The Labute approximate surface area is 147 Å². The fourth-order valence-corrected chi connectivity index (χ4v) is 3.96. The number of nitro groups is 1. The fraction of sp³-hybridized carbons (Fsp3) is 0.571. The van der Waals surface area contributed by atoms with Crippen LogP contribution in [0.1, 0.15) is 19.8 Å². The van der Waals surface area contributed by atoms with Crippen LogP contribution in [-0.4, -0.2) is 40.1 Å². The molecule has 0 aromatic heterocycles. The molecule has 2 rings (SSSR count). The minimum atomic E-state index is -3.81. The average molecular weight is 380 g/mol. The fourth-order valence-electron chi connectivity index (χ4n) is 2.61. The summed E-state index contributed by atoms with van der Waals surface area (Å²) in [5.74, 6) is -0.0429. The monoisotopic (exact) mass is 379 g/mol. The van der Waals surface area contributed by atoms with Gasteiger partial charge in [0.2, 0.25) is 10.0 Å². The zero-order valence-electron chi connectivity index (χ0n) is 13.6. The second-order valence-electron chi connectivity index (χ2n) is 6.01. The van der Waals surface area contributed by atoms with E-state index >= 15 is 0 Å². The van der Waals surface area contributed by atoms with Gasteiger partial charge >= 0.3 is 0 Å². The van der Waals surface area contributed by atoms with Gasteiger partial charge in [0.25, 0.3) is 5.69 Å². The Balaban J connectivity index is 0.00000288. The lowest BCUT2D eigenvalue weighted by molar-refractivity contribution is -0.385. The van der Waals surface area contributed by atoms with E-state index in [0.717, 1.165) is 38.1 Å². The molecule has 10 heteroatoms. The molecule has 1 aromatic carbocycles. The highest BCUT2D eigenvalue weighted by molar-refractivity contribution is 7.89. The molecule has 0 aliphatic carbocycles. The van der Waals surface area contributed by atoms with Crippen LogP contribution in [0.3, 0.4) is 0 Å². The second kappa shape index (κ2) is 8.11. The molecular weight excluding hydrogens is 358 g/mol. The number of ether oxygens (including phenoxy) is 1. The third-order valence-electron chi connectivity index (χ3n) is 4.02. The summed E-state index contributed by atoms with van der Waals surface area (Å²) in [5.41, 5.74) is -0.372. The Morgan fingerprint density at radius 1 is 1.46 bits per heavy atom. The van der Waals surface area contributed by atoms with Gasteiger partial charge in [-0.25, -0.2) is 13.1 Å². The number of sulfonamides is 1. The predicted octanol–water partition coefficient (Wildman–Crippen LogP) is 1.69. The van der Waals surface area contributed by atoms with Crippen LogP contribution < -0.4 is 14.8 Å². The molecule has 8 nitrogen and oxygen atoms in total. The van der Waals surface area contributed by atoms with Gasteiger partial charge in [0.15, 0.2) is 0 Å². The molecule has 24 heavy (non-hydrogen) atoms. The van der Waals surface area contributed by atoms with Crippen LogP contribution >= 0.6 is 12.4 Å². The number of methoxy groups -OCH3 is 1. The van der Waals surface area contributed by atoms with E-state index in [-0.39, 0.29) is 34.2 Å². The predicted molar refractivity (Wildman–Crippen MR) is 92.3 cm³/mol. The molecule has 0 amide bonds. The lowest BCUT2D eigenvalue weighted by Crippen LogP contribution is -2.45. The lowest BCUT2D eigenvalue weighted by Gasteiger charge is -2.34. The zero-order chi connectivity index (χ0) is 17.1. The molecule has 2 N–H and O–H groups in total. The summed E-state index contributed by atoms with van der Waals surface area (Å²) < 4.78 is 32.6. The van der Waals surface area contributed by atoms with E-state index in [1.165, 1.54) is 13.2 Å². The number of piperidine rings is 1. The largest absolute Gasteiger partial charge is 0.495 e. The summed E-state index contributed by atoms with van der Waals surface area (Å²) in [5, 5.41) is 14.0. The van der Waals surface area contributed by atoms with Gasteiger partial charge in [0.05, 0.1) is 18.1 Å². The molecule has 1 aliphatic heterocycles. The summed E-state index contributed by atoms with van der Waals surface area (Å²) in [6.07, 6.45) is 1.93. The molecule has 1 aromatic rings. The Morgan fingerprint density at radius 3 is 2.71 bits per heavy atom. The topological polar surface area (TPSA) is 111 Å². The summed E-state index contributed by atoms with van der Waals surface area (Å²) in [6, 6.07) is 3.46. The minimum Gasteiger partial charge on any atom is -0.495 e. The molecule has 0 spiro atoms. The summed E-state index contributed by atoms with van der Waals surface area (Å²) in [4.78, 5) is 10.1. The van der Waals surface area contributed by atoms with Crippen molar-refractivity contribution in [3.05, 3.63) is 28.3 Å². The summed E-state index contributed by atoms with van der Waals surface area (Å²) in [6.45, 7) is 4.00. The molecule has 1 heterocycles. The maximum absolute atomic E-state index is 12.5. The highest BCUT2D eigenvalue weighted by atomic mass is 35.5. The van der Waals surface area contributed by atoms with Crippen molar-refractivity contribution in [1.29, 1.82) is 0 Å².